The Morgan fingerprint density at radius 1 is 0.900 bits per heavy atom. The van der Waals surface area contributed by atoms with Gasteiger partial charge in [0.15, 0.2) is 0 Å². The van der Waals surface area contributed by atoms with Crippen LogP contribution < -0.4 is 27.4 Å². The minimum Gasteiger partial charge on any atom is -0.480 e. The van der Waals surface area contributed by atoms with E-state index in [1.807, 2.05) is 20.8 Å². The first-order valence-electron chi connectivity index (χ1n) is 9.97. The SMILES string of the molecule is CCC(C)C(NC(=O)C(C)NC(=O)C(N)CC(N)=O)C(=O)NC(CC(C)C)C(=O)O. The second kappa shape index (κ2) is 12.8. The highest BCUT2D eigenvalue weighted by atomic mass is 16.4. The molecule has 172 valence electrons. The van der Waals surface area contributed by atoms with Gasteiger partial charge >= 0.3 is 5.97 Å². The average Bonchev–Trinajstić information content (AvgIpc) is 2.63. The summed E-state index contributed by atoms with van der Waals surface area (Å²) in [6.07, 6.45) is 0.418. The summed E-state index contributed by atoms with van der Waals surface area (Å²) in [5.41, 5.74) is 10.5. The van der Waals surface area contributed by atoms with Crippen molar-refractivity contribution in [1.82, 2.24) is 16.0 Å². The number of primary amides is 1. The molecular weight excluding hydrogens is 394 g/mol. The second-order valence-corrected chi connectivity index (χ2v) is 7.91. The fourth-order valence-electron chi connectivity index (χ4n) is 2.63. The van der Waals surface area contributed by atoms with Crippen LogP contribution in [0.15, 0.2) is 0 Å². The van der Waals surface area contributed by atoms with Crippen molar-refractivity contribution in [3.63, 3.8) is 0 Å². The molecule has 4 amide bonds. The number of carboxylic acids is 1. The highest BCUT2D eigenvalue weighted by Gasteiger charge is 2.31. The van der Waals surface area contributed by atoms with Crippen LogP contribution in [0.2, 0.25) is 0 Å². The van der Waals surface area contributed by atoms with Crippen molar-refractivity contribution in [2.24, 2.45) is 23.3 Å². The molecule has 0 heterocycles. The van der Waals surface area contributed by atoms with Crippen LogP contribution in [0.1, 0.15) is 53.9 Å². The van der Waals surface area contributed by atoms with E-state index >= 15 is 0 Å². The largest absolute Gasteiger partial charge is 0.480 e. The van der Waals surface area contributed by atoms with Crippen LogP contribution in [0.4, 0.5) is 0 Å². The van der Waals surface area contributed by atoms with E-state index in [2.05, 4.69) is 16.0 Å². The third kappa shape index (κ3) is 9.68. The highest BCUT2D eigenvalue weighted by molar-refractivity contribution is 5.94. The fraction of sp³-hybridized carbons (Fsp3) is 0.737. The minimum atomic E-state index is -1.20. The third-order valence-corrected chi connectivity index (χ3v) is 4.62. The molecule has 0 bridgehead atoms. The number of nitrogens with two attached hydrogens (primary N) is 2. The van der Waals surface area contributed by atoms with Gasteiger partial charge in [-0.05, 0) is 25.2 Å². The molecular formula is C19H35N5O6. The second-order valence-electron chi connectivity index (χ2n) is 7.91. The Morgan fingerprint density at radius 2 is 1.47 bits per heavy atom. The number of hydrogen-bond acceptors (Lipinski definition) is 6. The summed E-state index contributed by atoms with van der Waals surface area (Å²) in [5, 5.41) is 16.7. The molecule has 0 rings (SSSR count). The summed E-state index contributed by atoms with van der Waals surface area (Å²) >= 11 is 0. The lowest BCUT2D eigenvalue weighted by atomic mass is 9.96. The lowest BCUT2D eigenvalue weighted by Gasteiger charge is -2.27. The molecule has 8 N–H and O–H groups in total. The van der Waals surface area contributed by atoms with Gasteiger partial charge in [0, 0.05) is 0 Å². The number of rotatable bonds is 13. The predicted octanol–water partition coefficient (Wildman–Crippen LogP) is -1.16. The number of aliphatic carboxylic acids is 1. The molecule has 5 atom stereocenters. The first-order chi connectivity index (χ1) is 13.8. The molecule has 0 saturated carbocycles. The van der Waals surface area contributed by atoms with Gasteiger partial charge < -0.3 is 32.5 Å². The first-order valence-corrected chi connectivity index (χ1v) is 9.97. The smallest absolute Gasteiger partial charge is 0.326 e. The number of carbonyl (C=O) groups excluding carboxylic acids is 4. The Morgan fingerprint density at radius 3 is 1.90 bits per heavy atom. The van der Waals surface area contributed by atoms with Gasteiger partial charge in [-0.2, -0.15) is 0 Å². The molecule has 0 aliphatic carbocycles. The summed E-state index contributed by atoms with van der Waals surface area (Å²) in [6, 6.07) is -4.31. The van der Waals surface area contributed by atoms with Crippen LogP contribution in [0.3, 0.4) is 0 Å². The quantitative estimate of drug-likeness (QED) is 0.212. The monoisotopic (exact) mass is 429 g/mol. The van der Waals surface area contributed by atoms with Crippen molar-refractivity contribution in [2.45, 2.75) is 78.0 Å². The Labute approximate surface area is 176 Å². The van der Waals surface area contributed by atoms with Gasteiger partial charge in [0.1, 0.15) is 18.1 Å². The van der Waals surface area contributed by atoms with Crippen molar-refractivity contribution in [3.8, 4) is 0 Å². The van der Waals surface area contributed by atoms with E-state index in [1.165, 1.54) is 6.92 Å². The lowest BCUT2D eigenvalue weighted by Crippen LogP contribution is -2.58. The van der Waals surface area contributed by atoms with Crippen molar-refractivity contribution in [1.29, 1.82) is 0 Å². The standard InChI is InChI=1S/C19H35N5O6/c1-6-10(4)15(18(28)23-13(19(29)30)7-9(2)3)24-16(26)11(5)22-17(27)12(20)8-14(21)25/h9-13,15H,6-8,20H2,1-5H3,(H2,21,25)(H,22,27)(H,23,28)(H,24,26)(H,29,30). The summed E-state index contributed by atoms with van der Waals surface area (Å²) in [5.74, 6) is -4.15. The highest BCUT2D eigenvalue weighted by Crippen LogP contribution is 2.11. The topological polar surface area (TPSA) is 194 Å². The maximum absolute atomic E-state index is 12.7. The molecule has 0 aliphatic heterocycles. The van der Waals surface area contributed by atoms with E-state index < -0.39 is 53.8 Å². The van der Waals surface area contributed by atoms with Gasteiger partial charge in [-0.15, -0.1) is 0 Å². The Kier molecular flexibility index (Phi) is 11.6. The van der Waals surface area contributed by atoms with E-state index in [0.29, 0.717) is 6.42 Å². The summed E-state index contributed by atoms with van der Waals surface area (Å²) in [6.45, 7) is 8.64. The molecule has 0 aromatic rings. The van der Waals surface area contributed by atoms with Crippen LogP contribution in [-0.4, -0.2) is 58.9 Å². The molecule has 0 aromatic carbocycles. The summed E-state index contributed by atoms with van der Waals surface area (Å²) < 4.78 is 0. The molecule has 0 fully saturated rings. The zero-order chi connectivity index (χ0) is 23.6. The Hall–Kier alpha value is -2.69. The molecule has 0 saturated heterocycles. The first kappa shape index (κ1) is 27.3. The third-order valence-electron chi connectivity index (χ3n) is 4.62. The number of nitrogens with one attached hydrogen (secondary N) is 3. The molecule has 0 aliphatic rings. The predicted molar refractivity (Wildman–Crippen MR) is 110 cm³/mol. The van der Waals surface area contributed by atoms with Gasteiger partial charge in [-0.25, -0.2) is 4.79 Å². The van der Waals surface area contributed by atoms with Crippen molar-refractivity contribution in [2.75, 3.05) is 0 Å². The molecule has 11 heteroatoms. The molecule has 30 heavy (non-hydrogen) atoms. The van der Waals surface area contributed by atoms with E-state index in [4.69, 9.17) is 11.5 Å². The van der Waals surface area contributed by atoms with Crippen LogP contribution in [-0.2, 0) is 24.0 Å². The number of carbonyl (C=O) groups is 5. The zero-order valence-corrected chi connectivity index (χ0v) is 18.2. The van der Waals surface area contributed by atoms with Crippen LogP contribution in [0.5, 0.6) is 0 Å². The average molecular weight is 430 g/mol. The van der Waals surface area contributed by atoms with Crippen molar-refractivity contribution >= 4 is 29.6 Å². The van der Waals surface area contributed by atoms with E-state index in [9.17, 15) is 29.1 Å². The normalized spacial score (nSPS) is 16.0. The van der Waals surface area contributed by atoms with Gasteiger partial charge in [0.2, 0.25) is 23.6 Å². The summed E-state index contributed by atoms with van der Waals surface area (Å²) in [7, 11) is 0. The van der Waals surface area contributed by atoms with Gasteiger partial charge in [-0.3, -0.25) is 19.2 Å². The maximum Gasteiger partial charge on any atom is 0.326 e. The maximum atomic E-state index is 12.7. The van der Waals surface area contributed by atoms with Crippen LogP contribution in [0, 0.1) is 11.8 Å². The van der Waals surface area contributed by atoms with Crippen LogP contribution >= 0.6 is 0 Å². The fourth-order valence-corrected chi connectivity index (χ4v) is 2.63. The Bertz CT molecular complexity index is 639. The van der Waals surface area contributed by atoms with Crippen molar-refractivity contribution in [3.05, 3.63) is 0 Å². The van der Waals surface area contributed by atoms with Gasteiger partial charge in [0.05, 0.1) is 12.5 Å². The van der Waals surface area contributed by atoms with E-state index in [1.54, 1.807) is 6.92 Å². The molecule has 11 nitrogen and oxygen atoms in total. The zero-order valence-electron chi connectivity index (χ0n) is 18.2. The lowest BCUT2D eigenvalue weighted by molar-refractivity contribution is -0.143. The summed E-state index contributed by atoms with van der Waals surface area (Å²) in [4.78, 5) is 59.5. The molecule has 0 spiro atoms. The molecule has 5 unspecified atom stereocenters. The molecule has 0 aromatic heterocycles. The number of carboxylic acid groups (broad SMARTS) is 1. The van der Waals surface area contributed by atoms with E-state index in [-0.39, 0.29) is 24.7 Å². The van der Waals surface area contributed by atoms with Gasteiger partial charge in [-0.1, -0.05) is 34.1 Å². The van der Waals surface area contributed by atoms with Gasteiger partial charge in [0.25, 0.3) is 0 Å². The van der Waals surface area contributed by atoms with Crippen molar-refractivity contribution < 1.29 is 29.1 Å². The number of amides is 4. The minimum absolute atomic E-state index is 0.0443. The Balaban J connectivity index is 5.17. The van der Waals surface area contributed by atoms with Crippen LogP contribution in [0.25, 0.3) is 0 Å². The van der Waals surface area contributed by atoms with E-state index in [0.717, 1.165) is 0 Å². The number of hydrogen-bond donors (Lipinski definition) is 6. The molecule has 0 radical (unpaired) electrons.